The van der Waals surface area contributed by atoms with Gasteiger partial charge in [-0.25, -0.2) is 12.8 Å². The molecule has 0 aliphatic heterocycles. The normalized spacial score (nSPS) is 12.4. The Bertz CT molecular complexity index is 714. The lowest BCUT2D eigenvalue weighted by Crippen LogP contribution is -2.31. The fraction of sp³-hybridized carbons (Fsp3) is 0.357. The summed E-state index contributed by atoms with van der Waals surface area (Å²) in [7, 11) is -2.71. The van der Waals surface area contributed by atoms with Gasteiger partial charge in [-0.3, -0.25) is 0 Å². The highest BCUT2D eigenvalue weighted by Gasteiger charge is 2.25. The summed E-state index contributed by atoms with van der Waals surface area (Å²) in [5, 5.41) is 17.3. The molecule has 1 atom stereocenters. The second-order valence-corrected chi connectivity index (χ2v) is 6.43. The molecule has 5 nitrogen and oxygen atoms in total. The monoisotopic (exact) mass is 310 g/mol. The minimum Gasteiger partial charge on any atom is -0.384 e. The van der Waals surface area contributed by atoms with Crippen LogP contribution in [0, 0.1) is 34.9 Å². The lowest BCUT2D eigenvalue weighted by atomic mass is 10.2. The molecule has 0 saturated heterocycles. The Morgan fingerprint density at radius 1 is 1.48 bits per heavy atom. The summed E-state index contributed by atoms with van der Waals surface area (Å²) < 4.78 is 39.4. The lowest BCUT2D eigenvalue weighted by molar-refractivity contribution is 0.350. The van der Waals surface area contributed by atoms with Crippen molar-refractivity contribution >= 4 is 10.0 Å². The van der Waals surface area contributed by atoms with E-state index in [-0.39, 0.29) is 18.7 Å². The first-order chi connectivity index (χ1) is 9.82. The van der Waals surface area contributed by atoms with Crippen LogP contribution in [0.15, 0.2) is 23.1 Å². The van der Waals surface area contributed by atoms with Crippen LogP contribution in [0.25, 0.3) is 0 Å². The molecule has 1 aromatic rings. The van der Waals surface area contributed by atoms with E-state index in [9.17, 15) is 12.8 Å². The van der Waals surface area contributed by atoms with Crippen molar-refractivity contribution in [3.63, 3.8) is 0 Å². The van der Waals surface area contributed by atoms with Crippen LogP contribution in [0.2, 0.25) is 0 Å². The second kappa shape index (κ2) is 7.19. The van der Waals surface area contributed by atoms with Gasteiger partial charge in [0.05, 0.1) is 12.0 Å². The van der Waals surface area contributed by atoms with Crippen molar-refractivity contribution in [2.75, 3.05) is 20.2 Å². The van der Waals surface area contributed by atoms with E-state index < -0.39 is 26.7 Å². The number of rotatable bonds is 4. The predicted molar refractivity (Wildman–Crippen MR) is 75.0 cm³/mol. The van der Waals surface area contributed by atoms with Crippen molar-refractivity contribution in [1.82, 2.24) is 4.31 Å². The maximum atomic E-state index is 14.0. The predicted octanol–water partition coefficient (Wildman–Crippen LogP) is 0.950. The van der Waals surface area contributed by atoms with Crippen molar-refractivity contribution in [2.45, 2.75) is 11.8 Å². The quantitative estimate of drug-likeness (QED) is 0.840. The number of hydrogen-bond donors (Lipinski definition) is 1. The van der Waals surface area contributed by atoms with Gasteiger partial charge in [0.2, 0.25) is 10.0 Å². The average molecular weight is 310 g/mol. The fourth-order valence-electron chi connectivity index (χ4n) is 1.62. The third-order valence-electron chi connectivity index (χ3n) is 2.68. The Hall–Kier alpha value is -1.93. The van der Waals surface area contributed by atoms with E-state index in [0.717, 1.165) is 16.4 Å². The molecule has 7 heteroatoms. The van der Waals surface area contributed by atoms with Crippen LogP contribution in [-0.2, 0) is 10.0 Å². The van der Waals surface area contributed by atoms with Crippen molar-refractivity contribution < 1.29 is 17.9 Å². The Labute approximate surface area is 123 Å². The van der Waals surface area contributed by atoms with Crippen molar-refractivity contribution in [3.05, 3.63) is 29.6 Å². The van der Waals surface area contributed by atoms with E-state index >= 15 is 0 Å². The first-order valence-corrected chi connectivity index (χ1v) is 7.52. The summed E-state index contributed by atoms with van der Waals surface area (Å²) in [6, 6.07) is 5.41. The lowest BCUT2D eigenvalue weighted by Gasteiger charge is -2.18. The van der Waals surface area contributed by atoms with E-state index in [4.69, 9.17) is 10.4 Å². The molecule has 0 aliphatic carbocycles. The fourth-order valence-corrected chi connectivity index (χ4v) is 2.92. The molecule has 0 aromatic heterocycles. The Morgan fingerprint density at radius 2 is 2.14 bits per heavy atom. The van der Waals surface area contributed by atoms with E-state index in [1.807, 2.05) is 6.07 Å². The minimum absolute atomic E-state index is 0.0235. The second-order valence-electron chi connectivity index (χ2n) is 4.42. The van der Waals surface area contributed by atoms with Crippen LogP contribution >= 0.6 is 0 Å². The molecule has 21 heavy (non-hydrogen) atoms. The zero-order valence-corrected chi connectivity index (χ0v) is 12.5. The van der Waals surface area contributed by atoms with Crippen LogP contribution in [0.3, 0.4) is 0 Å². The number of nitrogens with zero attached hydrogens (tertiary/aromatic N) is 2. The number of nitriles is 1. The van der Waals surface area contributed by atoms with Crippen LogP contribution in [-0.4, -0.2) is 38.0 Å². The molecule has 1 N–H and O–H groups in total. The molecular weight excluding hydrogens is 295 g/mol. The molecule has 1 rings (SSSR count). The van der Waals surface area contributed by atoms with Crippen LogP contribution < -0.4 is 0 Å². The topological polar surface area (TPSA) is 81.4 Å². The molecule has 0 saturated carbocycles. The molecule has 112 valence electrons. The molecule has 0 spiro atoms. The molecule has 0 radical (unpaired) electrons. The third kappa shape index (κ3) is 4.27. The van der Waals surface area contributed by atoms with Crippen LogP contribution in [0.5, 0.6) is 0 Å². The van der Waals surface area contributed by atoms with Crippen molar-refractivity contribution in [2.24, 2.45) is 5.92 Å². The maximum absolute atomic E-state index is 14.0. The molecule has 0 heterocycles. The van der Waals surface area contributed by atoms with E-state index in [1.165, 1.54) is 13.1 Å². The smallest absolute Gasteiger partial charge is 0.245 e. The van der Waals surface area contributed by atoms with Crippen LogP contribution in [0.4, 0.5) is 4.39 Å². The Balaban J connectivity index is 3.12. The number of sulfonamides is 1. The molecule has 0 amide bonds. The average Bonchev–Trinajstić information content (AvgIpc) is 2.44. The highest BCUT2D eigenvalue weighted by Crippen LogP contribution is 2.20. The summed E-state index contributed by atoms with van der Waals surface area (Å²) in [6.45, 7) is 1.19. The number of aliphatic hydroxyl groups is 1. The van der Waals surface area contributed by atoms with E-state index in [0.29, 0.717) is 0 Å². The SMILES string of the molecule is CC(C#N)CN(C)S(=O)(=O)c1ccc(C#CCO)cc1F. The summed E-state index contributed by atoms with van der Waals surface area (Å²) in [5.41, 5.74) is 0.272. The highest BCUT2D eigenvalue weighted by atomic mass is 32.2. The molecule has 0 fully saturated rings. The molecule has 1 unspecified atom stereocenters. The first-order valence-electron chi connectivity index (χ1n) is 6.08. The molecule has 1 aromatic carbocycles. The van der Waals surface area contributed by atoms with E-state index in [2.05, 4.69) is 11.8 Å². The Morgan fingerprint density at radius 3 is 2.67 bits per heavy atom. The first kappa shape index (κ1) is 17.1. The number of aliphatic hydroxyl groups excluding tert-OH is 1. The van der Waals surface area contributed by atoms with E-state index in [1.54, 1.807) is 6.92 Å². The molecule has 0 bridgehead atoms. The van der Waals surface area contributed by atoms with Gasteiger partial charge >= 0.3 is 0 Å². The number of benzene rings is 1. The summed E-state index contributed by atoms with van der Waals surface area (Å²) in [6.07, 6.45) is 0. The van der Waals surface area contributed by atoms with Gasteiger partial charge < -0.3 is 5.11 Å². The van der Waals surface area contributed by atoms with Gasteiger partial charge in [-0.1, -0.05) is 11.8 Å². The summed E-state index contributed by atoms with van der Waals surface area (Å²) in [4.78, 5) is -0.468. The number of halogens is 1. The van der Waals surface area contributed by atoms with Gasteiger partial charge in [0.25, 0.3) is 0 Å². The zero-order chi connectivity index (χ0) is 16.0. The Kier molecular flexibility index (Phi) is 5.86. The van der Waals surface area contributed by atoms with Gasteiger partial charge in [0, 0.05) is 19.2 Å². The van der Waals surface area contributed by atoms with Gasteiger partial charge in [-0.15, -0.1) is 0 Å². The highest BCUT2D eigenvalue weighted by molar-refractivity contribution is 7.89. The van der Waals surface area contributed by atoms with Crippen LogP contribution in [0.1, 0.15) is 12.5 Å². The summed E-state index contributed by atoms with van der Waals surface area (Å²) in [5.74, 6) is 3.42. The third-order valence-corrected chi connectivity index (χ3v) is 4.54. The maximum Gasteiger partial charge on any atom is 0.245 e. The van der Waals surface area contributed by atoms with Gasteiger partial charge in [0.1, 0.15) is 17.3 Å². The summed E-state index contributed by atoms with van der Waals surface area (Å²) >= 11 is 0. The van der Waals surface area contributed by atoms with Gasteiger partial charge in [-0.05, 0) is 25.1 Å². The van der Waals surface area contributed by atoms with Gasteiger partial charge in [-0.2, -0.15) is 9.57 Å². The largest absolute Gasteiger partial charge is 0.384 e. The minimum atomic E-state index is -4.00. The zero-order valence-electron chi connectivity index (χ0n) is 11.7. The molecule has 0 aliphatic rings. The standard InChI is InChI=1S/C14H15FN2O3S/c1-11(9-16)10-17(2)21(19,20)14-6-5-12(4-3-7-18)8-13(14)15/h5-6,8,11,18H,7,10H2,1-2H3. The van der Waals surface area contributed by atoms with Gasteiger partial charge in [0.15, 0.2) is 0 Å². The molecular formula is C14H15FN2O3S. The van der Waals surface area contributed by atoms with Crippen molar-refractivity contribution in [3.8, 4) is 17.9 Å². The van der Waals surface area contributed by atoms with Crippen molar-refractivity contribution in [1.29, 1.82) is 5.26 Å². The number of hydrogen-bond acceptors (Lipinski definition) is 4.